The van der Waals surface area contributed by atoms with E-state index in [0.717, 1.165) is 0 Å². The number of fused-ring (bicyclic) bond motifs is 1. The highest BCUT2D eigenvalue weighted by Gasteiger charge is 2.22. The van der Waals surface area contributed by atoms with Gasteiger partial charge in [0.15, 0.2) is 0 Å². The average molecular weight is 367 g/mol. The van der Waals surface area contributed by atoms with Gasteiger partial charge in [-0.05, 0) is 48.0 Å². The molecule has 0 atom stereocenters. The Bertz CT molecular complexity index is 1030. The van der Waals surface area contributed by atoms with Crippen LogP contribution in [0, 0.1) is 0 Å². The number of nitrogens with two attached hydrogens (primary N) is 1. The van der Waals surface area contributed by atoms with Gasteiger partial charge >= 0.3 is 0 Å². The number of anilines is 2. The molecular formula is C14H13N3O5S2. The van der Waals surface area contributed by atoms with Crippen molar-refractivity contribution in [2.24, 2.45) is 5.14 Å². The quantitative estimate of drug-likeness (QED) is 0.728. The van der Waals surface area contributed by atoms with Crippen LogP contribution in [0.2, 0.25) is 0 Å². The van der Waals surface area contributed by atoms with Crippen LogP contribution >= 0.6 is 0 Å². The minimum absolute atomic E-state index is 0.00766. The van der Waals surface area contributed by atoms with Gasteiger partial charge in [0.05, 0.1) is 16.2 Å². The van der Waals surface area contributed by atoms with Crippen molar-refractivity contribution >= 4 is 37.3 Å². The molecule has 2 aromatic rings. The monoisotopic (exact) mass is 367 g/mol. The molecule has 3 rings (SSSR count). The highest BCUT2D eigenvalue weighted by atomic mass is 32.2. The number of rotatable bonds is 4. The summed E-state index contributed by atoms with van der Waals surface area (Å²) in [5.41, 5.74) is 1.39. The fraction of sp³-hybridized carbons (Fsp3) is 0.0714. The van der Waals surface area contributed by atoms with E-state index in [-0.39, 0.29) is 27.8 Å². The summed E-state index contributed by atoms with van der Waals surface area (Å²) in [6.07, 6.45) is 0.127. The van der Waals surface area contributed by atoms with Crippen LogP contribution in [0.5, 0.6) is 0 Å². The van der Waals surface area contributed by atoms with Crippen LogP contribution in [0.1, 0.15) is 5.56 Å². The van der Waals surface area contributed by atoms with Crippen molar-refractivity contribution in [2.45, 2.75) is 16.2 Å². The molecule has 2 aromatic carbocycles. The first kappa shape index (κ1) is 16.4. The lowest BCUT2D eigenvalue weighted by Crippen LogP contribution is -2.14. The number of hydrogen-bond acceptors (Lipinski definition) is 5. The molecule has 10 heteroatoms. The number of primary sulfonamides is 1. The standard InChI is InChI=1S/C14H13N3O5S2/c15-23(19,20)11-3-1-10(2-4-11)17-24(21,22)12-5-6-13-9(7-12)8-14(18)16-13/h1-7,17H,8H2,(H,16,18)(H2,15,19,20). The number of sulfonamides is 2. The minimum atomic E-state index is -3.87. The average Bonchev–Trinajstić information content (AvgIpc) is 2.85. The van der Waals surface area contributed by atoms with Crippen LogP contribution in [-0.4, -0.2) is 22.7 Å². The van der Waals surface area contributed by atoms with E-state index in [0.29, 0.717) is 11.3 Å². The summed E-state index contributed by atoms with van der Waals surface area (Å²) < 4.78 is 49.5. The molecule has 8 nitrogen and oxygen atoms in total. The van der Waals surface area contributed by atoms with Gasteiger partial charge in [0.25, 0.3) is 10.0 Å². The van der Waals surface area contributed by atoms with Crippen molar-refractivity contribution in [3.8, 4) is 0 Å². The topological polar surface area (TPSA) is 135 Å². The van der Waals surface area contributed by atoms with E-state index in [1.807, 2.05) is 0 Å². The SMILES string of the molecule is NS(=O)(=O)c1ccc(NS(=O)(=O)c2ccc3c(c2)CC(=O)N3)cc1. The van der Waals surface area contributed by atoms with E-state index >= 15 is 0 Å². The summed E-state index contributed by atoms with van der Waals surface area (Å²) in [6, 6.07) is 9.35. The second kappa shape index (κ2) is 5.58. The Morgan fingerprint density at radius 3 is 2.21 bits per heavy atom. The summed E-state index contributed by atoms with van der Waals surface area (Å²) in [5, 5.41) is 7.61. The Balaban J connectivity index is 1.87. The molecule has 1 amide bonds. The molecular weight excluding hydrogens is 354 g/mol. The summed E-state index contributed by atoms with van der Waals surface area (Å²) in [6.45, 7) is 0. The zero-order valence-corrected chi connectivity index (χ0v) is 13.8. The van der Waals surface area contributed by atoms with E-state index in [1.54, 1.807) is 0 Å². The maximum atomic E-state index is 12.4. The Morgan fingerprint density at radius 1 is 0.958 bits per heavy atom. The molecule has 1 aliphatic heterocycles. The number of carbonyl (C=O) groups excluding carboxylic acids is 1. The third-order valence-corrected chi connectivity index (χ3v) is 5.76. The van der Waals surface area contributed by atoms with Gasteiger partial charge in [-0.2, -0.15) is 0 Å². The maximum absolute atomic E-state index is 12.4. The summed E-state index contributed by atoms with van der Waals surface area (Å²) in [5.74, 6) is -0.189. The van der Waals surface area contributed by atoms with Crippen molar-refractivity contribution in [1.29, 1.82) is 0 Å². The van der Waals surface area contributed by atoms with Gasteiger partial charge < -0.3 is 5.32 Å². The number of amides is 1. The summed E-state index contributed by atoms with van der Waals surface area (Å²) in [7, 11) is -7.71. The lowest BCUT2D eigenvalue weighted by molar-refractivity contribution is -0.115. The Labute approximate surface area is 138 Å². The van der Waals surface area contributed by atoms with Gasteiger partial charge in [0.2, 0.25) is 15.9 Å². The molecule has 1 aliphatic rings. The van der Waals surface area contributed by atoms with Crippen LogP contribution in [0.3, 0.4) is 0 Å². The van der Waals surface area contributed by atoms with Gasteiger partial charge in [-0.3, -0.25) is 9.52 Å². The van der Waals surface area contributed by atoms with Crippen LogP contribution in [0.4, 0.5) is 11.4 Å². The maximum Gasteiger partial charge on any atom is 0.261 e. The third kappa shape index (κ3) is 3.25. The van der Waals surface area contributed by atoms with Crippen molar-refractivity contribution in [1.82, 2.24) is 0 Å². The minimum Gasteiger partial charge on any atom is -0.326 e. The summed E-state index contributed by atoms with van der Waals surface area (Å²) >= 11 is 0. The normalized spacial score (nSPS) is 14.1. The predicted octanol–water partition coefficient (Wildman–Crippen LogP) is 0.629. The third-order valence-electron chi connectivity index (χ3n) is 3.45. The second-order valence-corrected chi connectivity index (χ2v) is 8.46. The molecule has 126 valence electrons. The van der Waals surface area contributed by atoms with Crippen molar-refractivity contribution < 1.29 is 21.6 Å². The highest BCUT2D eigenvalue weighted by molar-refractivity contribution is 7.92. The van der Waals surface area contributed by atoms with Crippen LogP contribution in [0.15, 0.2) is 52.3 Å². The van der Waals surface area contributed by atoms with Crippen molar-refractivity contribution in [3.05, 3.63) is 48.0 Å². The molecule has 0 saturated carbocycles. The largest absolute Gasteiger partial charge is 0.326 e. The van der Waals surface area contributed by atoms with E-state index in [9.17, 15) is 21.6 Å². The number of carbonyl (C=O) groups is 1. The van der Waals surface area contributed by atoms with Crippen LogP contribution in [-0.2, 0) is 31.3 Å². The lowest BCUT2D eigenvalue weighted by atomic mass is 10.2. The van der Waals surface area contributed by atoms with Crippen LogP contribution < -0.4 is 15.2 Å². The lowest BCUT2D eigenvalue weighted by Gasteiger charge is -2.09. The second-order valence-electron chi connectivity index (χ2n) is 5.22. The molecule has 24 heavy (non-hydrogen) atoms. The van der Waals surface area contributed by atoms with Crippen LogP contribution in [0.25, 0.3) is 0 Å². The zero-order chi connectivity index (χ0) is 17.5. The molecule has 0 radical (unpaired) electrons. The zero-order valence-electron chi connectivity index (χ0n) is 12.2. The van der Waals surface area contributed by atoms with Crippen molar-refractivity contribution in [2.75, 3.05) is 10.0 Å². The number of nitrogens with one attached hydrogen (secondary N) is 2. The first-order valence-electron chi connectivity index (χ1n) is 6.74. The number of benzene rings is 2. The molecule has 0 aromatic heterocycles. The van der Waals surface area contributed by atoms with E-state index in [4.69, 9.17) is 5.14 Å². The Morgan fingerprint density at radius 2 is 1.58 bits per heavy atom. The fourth-order valence-electron chi connectivity index (χ4n) is 2.30. The van der Waals surface area contributed by atoms with Crippen molar-refractivity contribution in [3.63, 3.8) is 0 Å². The van der Waals surface area contributed by atoms with Gasteiger partial charge in [0.1, 0.15) is 0 Å². The Hall–Kier alpha value is -2.43. The highest BCUT2D eigenvalue weighted by Crippen LogP contribution is 2.27. The first-order valence-corrected chi connectivity index (χ1v) is 9.76. The van der Waals surface area contributed by atoms with E-state index in [1.165, 1.54) is 42.5 Å². The summed E-state index contributed by atoms with van der Waals surface area (Å²) in [4.78, 5) is 11.2. The molecule has 0 aliphatic carbocycles. The molecule has 0 unspecified atom stereocenters. The predicted molar refractivity (Wildman–Crippen MR) is 87.4 cm³/mol. The Kier molecular flexibility index (Phi) is 3.82. The van der Waals surface area contributed by atoms with Gasteiger partial charge in [0, 0.05) is 11.4 Å². The smallest absolute Gasteiger partial charge is 0.261 e. The molecule has 4 N–H and O–H groups in total. The molecule has 1 heterocycles. The van der Waals surface area contributed by atoms with Gasteiger partial charge in [-0.25, -0.2) is 22.0 Å². The number of hydrogen-bond donors (Lipinski definition) is 3. The molecule has 0 spiro atoms. The van der Waals surface area contributed by atoms with Gasteiger partial charge in [-0.1, -0.05) is 0 Å². The van der Waals surface area contributed by atoms with Gasteiger partial charge in [-0.15, -0.1) is 0 Å². The molecule has 0 saturated heterocycles. The fourth-order valence-corrected chi connectivity index (χ4v) is 3.92. The first-order chi connectivity index (χ1) is 11.1. The molecule has 0 fully saturated rings. The molecule has 0 bridgehead atoms. The van der Waals surface area contributed by atoms with E-state index in [2.05, 4.69) is 10.0 Å². The van der Waals surface area contributed by atoms with E-state index < -0.39 is 20.0 Å².